The number of benzene rings is 4. The predicted octanol–water partition coefficient (Wildman–Crippen LogP) is 6.46. The van der Waals surface area contributed by atoms with Gasteiger partial charge in [-0.3, -0.25) is 0 Å². The van der Waals surface area contributed by atoms with Crippen molar-refractivity contribution in [1.82, 2.24) is 0 Å². The molecule has 1 nitrogen and oxygen atoms in total. The molecule has 0 saturated heterocycles. The maximum absolute atomic E-state index is 7.51. The summed E-state index contributed by atoms with van der Waals surface area (Å²) < 4.78 is 7.51. The van der Waals surface area contributed by atoms with E-state index in [2.05, 4.69) is 142 Å². The van der Waals surface area contributed by atoms with E-state index in [1.54, 1.807) is 0 Å². The van der Waals surface area contributed by atoms with Crippen LogP contribution in [0.4, 0.5) is 0 Å². The fourth-order valence-electron chi connectivity index (χ4n) is 4.50. The van der Waals surface area contributed by atoms with Gasteiger partial charge in [0.05, 0.1) is 0 Å². The third kappa shape index (κ3) is 4.98. The zero-order valence-electron chi connectivity index (χ0n) is 20.1. The number of hydrogen-bond acceptors (Lipinski definition) is 1. The van der Waals surface area contributed by atoms with Crippen LogP contribution in [0.5, 0.6) is 0 Å². The molecule has 2 heteroatoms. The third-order valence-electron chi connectivity index (χ3n) is 6.10. The molecule has 170 valence electrons. The first-order valence-electron chi connectivity index (χ1n) is 11.9. The van der Waals surface area contributed by atoms with Gasteiger partial charge in [-0.1, -0.05) is 140 Å². The molecule has 4 aromatic carbocycles. The molecule has 0 bridgehead atoms. The largest absolute Gasteiger partial charge is 0.530 e. The summed E-state index contributed by atoms with van der Waals surface area (Å²) in [6.07, 6.45) is 1.73. The Morgan fingerprint density at radius 1 is 0.647 bits per heavy atom. The molecule has 0 aliphatic heterocycles. The van der Waals surface area contributed by atoms with Crippen molar-refractivity contribution in [2.75, 3.05) is 0 Å². The molecule has 0 aliphatic carbocycles. The van der Waals surface area contributed by atoms with Crippen molar-refractivity contribution in [2.24, 2.45) is 0 Å². The minimum absolute atomic E-state index is 0.823. The van der Waals surface area contributed by atoms with E-state index in [4.69, 9.17) is 4.43 Å². The molecule has 4 rings (SSSR count). The summed E-state index contributed by atoms with van der Waals surface area (Å²) in [5.41, 5.74) is 3.53. The highest BCUT2D eigenvalue weighted by Gasteiger charge is 2.44. The molecular formula is C32H32OSi. The van der Waals surface area contributed by atoms with E-state index in [0.717, 1.165) is 29.7 Å². The molecule has 0 spiro atoms. The first-order valence-corrected chi connectivity index (χ1v) is 13.8. The average Bonchev–Trinajstić information content (AvgIpc) is 2.90. The third-order valence-corrected chi connectivity index (χ3v) is 10.0. The molecule has 0 heterocycles. The molecule has 0 N–H and O–H groups in total. The van der Waals surface area contributed by atoms with Gasteiger partial charge in [0.2, 0.25) is 0 Å². The quantitative estimate of drug-likeness (QED) is 0.121. The highest BCUT2D eigenvalue weighted by atomic mass is 28.4. The first kappa shape index (κ1) is 23.5. The second-order valence-corrected chi connectivity index (χ2v) is 12.0. The van der Waals surface area contributed by atoms with Crippen molar-refractivity contribution in [3.8, 4) is 0 Å². The lowest BCUT2D eigenvalue weighted by molar-refractivity contribution is 0.524. The summed E-state index contributed by atoms with van der Waals surface area (Å²) in [5.74, 6) is 0.981. The van der Waals surface area contributed by atoms with E-state index in [0.29, 0.717) is 0 Å². The molecular weight excluding hydrogens is 428 g/mol. The minimum atomic E-state index is -2.89. The highest BCUT2D eigenvalue weighted by Crippen LogP contribution is 2.30. The second-order valence-electron chi connectivity index (χ2n) is 8.67. The van der Waals surface area contributed by atoms with Gasteiger partial charge in [-0.05, 0) is 40.9 Å². The standard InChI is InChI=1S/C32H32OSi/c1-4-27(25-26(2)3)32(28-17-9-5-10-18-28)33-34(29-19-11-6-12-20-29,30-21-13-7-14-22-30)31-23-15-8-16-24-31/h5-24H,2,4,25H2,1,3H3/b32-27+. The Hall–Kier alpha value is -3.62. The lowest BCUT2D eigenvalue weighted by atomic mass is 10.0. The number of allylic oxidation sites excluding steroid dienone is 2. The fourth-order valence-corrected chi connectivity index (χ4v) is 8.41. The maximum atomic E-state index is 7.51. The molecule has 0 saturated carbocycles. The summed E-state index contributed by atoms with van der Waals surface area (Å²) in [6, 6.07) is 42.8. The first-order chi connectivity index (χ1) is 16.6. The topological polar surface area (TPSA) is 9.23 Å². The van der Waals surface area contributed by atoms with Crippen LogP contribution in [0.1, 0.15) is 32.3 Å². The summed E-state index contributed by atoms with van der Waals surface area (Å²) in [7, 11) is -2.89. The predicted molar refractivity (Wildman–Crippen MR) is 148 cm³/mol. The van der Waals surface area contributed by atoms with Gasteiger partial charge in [0.1, 0.15) is 5.76 Å². The molecule has 0 fully saturated rings. The van der Waals surface area contributed by atoms with Gasteiger partial charge in [-0.2, -0.15) is 0 Å². The van der Waals surface area contributed by atoms with Crippen molar-refractivity contribution in [2.45, 2.75) is 26.7 Å². The van der Waals surface area contributed by atoms with Gasteiger partial charge in [0.25, 0.3) is 0 Å². The Balaban J connectivity index is 2.05. The van der Waals surface area contributed by atoms with Crippen molar-refractivity contribution in [1.29, 1.82) is 0 Å². The smallest absolute Gasteiger partial charge is 0.346 e. The second kappa shape index (κ2) is 11.0. The van der Waals surface area contributed by atoms with Gasteiger partial charge in [0.15, 0.2) is 0 Å². The lowest BCUT2D eigenvalue weighted by Gasteiger charge is -2.35. The van der Waals surface area contributed by atoms with Crippen LogP contribution in [0.15, 0.2) is 139 Å². The van der Waals surface area contributed by atoms with E-state index >= 15 is 0 Å². The number of hydrogen-bond donors (Lipinski definition) is 0. The van der Waals surface area contributed by atoms with E-state index < -0.39 is 8.32 Å². The van der Waals surface area contributed by atoms with E-state index in [-0.39, 0.29) is 0 Å². The van der Waals surface area contributed by atoms with Crippen molar-refractivity contribution in [3.63, 3.8) is 0 Å². The molecule has 0 radical (unpaired) electrons. The van der Waals surface area contributed by atoms with Crippen molar-refractivity contribution < 1.29 is 4.43 Å². The van der Waals surface area contributed by atoms with E-state index in [9.17, 15) is 0 Å². The Kier molecular flexibility index (Phi) is 7.61. The van der Waals surface area contributed by atoms with Gasteiger partial charge in [-0.25, -0.2) is 0 Å². The van der Waals surface area contributed by atoms with Crippen LogP contribution in [0.25, 0.3) is 5.76 Å². The molecule has 0 aliphatic rings. The van der Waals surface area contributed by atoms with Crippen LogP contribution < -0.4 is 15.6 Å². The molecule has 0 amide bonds. The molecule has 0 atom stereocenters. The Morgan fingerprint density at radius 2 is 1.03 bits per heavy atom. The highest BCUT2D eigenvalue weighted by molar-refractivity contribution is 7.07. The van der Waals surface area contributed by atoms with E-state index in [1.807, 2.05) is 0 Å². The Bertz CT molecular complexity index is 1130. The van der Waals surface area contributed by atoms with Gasteiger partial charge in [-0.15, -0.1) is 0 Å². The van der Waals surface area contributed by atoms with Gasteiger partial charge >= 0.3 is 8.32 Å². The minimum Gasteiger partial charge on any atom is -0.530 e. The van der Waals surface area contributed by atoms with Gasteiger partial charge < -0.3 is 4.43 Å². The molecule has 0 aromatic heterocycles. The zero-order chi connectivity index (χ0) is 23.8. The average molecular weight is 461 g/mol. The van der Waals surface area contributed by atoms with Crippen LogP contribution >= 0.6 is 0 Å². The zero-order valence-corrected chi connectivity index (χ0v) is 21.1. The van der Waals surface area contributed by atoms with Crippen LogP contribution in [0, 0.1) is 0 Å². The Morgan fingerprint density at radius 3 is 1.38 bits per heavy atom. The van der Waals surface area contributed by atoms with Crippen molar-refractivity contribution >= 4 is 29.6 Å². The SMILES string of the molecule is C=C(C)C/C(CC)=C(/O[Si](c1ccccc1)(c1ccccc1)c1ccccc1)c1ccccc1. The number of rotatable bonds is 9. The molecule has 0 unspecified atom stereocenters. The van der Waals surface area contributed by atoms with Crippen LogP contribution in [-0.4, -0.2) is 8.32 Å². The van der Waals surface area contributed by atoms with Crippen LogP contribution in [-0.2, 0) is 4.43 Å². The normalized spacial score (nSPS) is 12.1. The fraction of sp³-hybridized carbons (Fsp3) is 0.125. The molecule has 4 aromatic rings. The summed E-state index contributed by atoms with van der Waals surface area (Å²) in [5, 5.41) is 3.69. The summed E-state index contributed by atoms with van der Waals surface area (Å²) in [6.45, 7) is 8.51. The lowest BCUT2D eigenvalue weighted by Crippen LogP contribution is -2.69. The van der Waals surface area contributed by atoms with Crippen LogP contribution in [0.2, 0.25) is 0 Å². The van der Waals surface area contributed by atoms with E-state index in [1.165, 1.54) is 21.1 Å². The Labute approximate surface area is 205 Å². The van der Waals surface area contributed by atoms with Crippen LogP contribution in [0.3, 0.4) is 0 Å². The van der Waals surface area contributed by atoms with Crippen molar-refractivity contribution in [3.05, 3.63) is 145 Å². The summed E-state index contributed by atoms with van der Waals surface area (Å²) >= 11 is 0. The van der Waals surface area contributed by atoms with Gasteiger partial charge in [0, 0.05) is 5.56 Å². The monoisotopic (exact) mass is 460 g/mol. The maximum Gasteiger partial charge on any atom is 0.346 e. The summed E-state index contributed by atoms with van der Waals surface area (Å²) in [4.78, 5) is 0. The molecule has 34 heavy (non-hydrogen) atoms.